The summed E-state index contributed by atoms with van der Waals surface area (Å²) < 4.78 is 5.23. The summed E-state index contributed by atoms with van der Waals surface area (Å²) in [6.07, 6.45) is 1.23. The Kier molecular flexibility index (Phi) is 5.16. The van der Waals surface area contributed by atoms with E-state index in [0.717, 1.165) is 23.2 Å². The fourth-order valence-corrected chi connectivity index (χ4v) is 2.03. The van der Waals surface area contributed by atoms with Gasteiger partial charge in [-0.25, -0.2) is 0 Å². The van der Waals surface area contributed by atoms with Crippen LogP contribution in [-0.4, -0.2) is 30.8 Å². The van der Waals surface area contributed by atoms with Crippen molar-refractivity contribution in [3.63, 3.8) is 0 Å². The largest absolute Gasteiger partial charge is 0.395 e. The molecule has 1 atom stereocenters. The average Bonchev–Trinajstić information content (AvgIpc) is 2.97. The van der Waals surface area contributed by atoms with Gasteiger partial charge < -0.3 is 15.2 Å². The molecular weight excluding hydrogens is 254 g/mol. The van der Waals surface area contributed by atoms with Crippen LogP contribution >= 0.6 is 0 Å². The fourth-order valence-electron chi connectivity index (χ4n) is 2.03. The van der Waals surface area contributed by atoms with Gasteiger partial charge in [0.25, 0.3) is 0 Å². The molecule has 0 bridgehead atoms. The van der Waals surface area contributed by atoms with E-state index < -0.39 is 0 Å². The van der Waals surface area contributed by atoms with Gasteiger partial charge in [0.05, 0.1) is 19.1 Å². The highest BCUT2D eigenvalue weighted by atomic mass is 16.5. The molecule has 1 aromatic rings. The summed E-state index contributed by atoms with van der Waals surface area (Å²) in [6.45, 7) is 3.17. The summed E-state index contributed by atoms with van der Waals surface area (Å²) in [5.41, 5.74) is 2.63. The first-order valence-corrected chi connectivity index (χ1v) is 6.79. The zero-order valence-corrected chi connectivity index (χ0v) is 11.6. The lowest BCUT2D eigenvalue weighted by Gasteiger charge is -2.12. The Balaban J connectivity index is 2.08. The van der Waals surface area contributed by atoms with Gasteiger partial charge in [0.15, 0.2) is 0 Å². The summed E-state index contributed by atoms with van der Waals surface area (Å²) >= 11 is 0. The Morgan fingerprint density at radius 2 is 2.40 bits per heavy atom. The van der Waals surface area contributed by atoms with E-state index >= 15 is 0 Å². The van der Waals surface area contributed by atoms with E-state index in [-0.39, 0.29) is 18.4 Å². The second-order valence-electron chi connectivity index (χ2n) is 4.85. The molecule has 4 nitrogen and oxygen atoms in total. The molecule has 1 heterocycles. The van der Waals surface area contributed by atoms with Crippen molar-refractivity contribution in [2.45, 2.75) is 19.8 Å². The first-order chi connectivity index (χ1) is 9.70. The number of carbonyl (C=O) groups is 1. The van der Waals surface area contributed by atoms with Gasteiger partial charge >= 0.3 is 0 Å². The lowest BCUT2D eigenvalue weighted by molar-refractivity contribution is -0.119. The van der Waals surface area contributed by atoms with Crippen molar-refractivity contribution in [2.75, 3.05) is 25.1 Å². The third kappa shape index (κ3) is 3.83. The van der Waals surface area contributed by atoms with Crippen LogP contribution in [0.1, 0.15) is 24.0 Å². The average molecular weight is 273 g/mol. The number of nitrogens with one attached hydrogen (secondary N) is 1. The number of rotatable bonds is 3. The number of hydrogen-bond acceptors (Lipinski definition) is 3. The zero-order chi connectivity index (χ0) is 14.4. The first kappa shape index (κ1) is 14.6. The minimum Gasteiger partial charge on any atom is -0.395 e. The Bertz CT molecular complexity index is 536. The Morgan fingerprint density at radius 3 is 3.10 bits per heavy atom. The lowest BCUT2D eigenvalue weighted by Crippen LogP contribution is -2.23. The molecule has 2 N–H and O–H groups in total. The second kappa shape index (κ2) is 7.09. The maximum Gasteiger partial charge on any atom is 0.229 e. The molecule has 106 valence electrons. The maximum absolute atomic E-state index is 12.1. The van der Waals surface area contributed by atoms with Crippen LogP contribution in [0.2, 0.25) is 0 Å². The number of carbonyl (C=O) groups excluding carboxylic acids is 1. The summed E-state index contributed by atoms with van der Waals surface area (Å²) in [6, 6.07) is 5.71. The summed E-state index contributed by atoms with van der Waals surface area (Å²) in [7, 11) is 0. The predicted molar refractivity (Wildman–Crippen MR) is 77.3 cm³/mol. The highest BCUT2D eigenvalue weighted by Gasteiger charge is 2.23. The summed E-state index contributed by atoms with van der Waals surface area (Å²) in [5.74, 6) is 5.79. The number of ether oxygens (including phenoxy) is 1. The molecule has 1 saturated heterocycles. The van der Waals surface area contributed by atoms with Gasteiger partial charge in [-0.05, 0) is 31.0 Å². The first-order valence-electron chi connectivity index (χ1n) is 6.79. The molecule has 1 unspecified atom stereocenters. The molecule has 1 aliphatic heterocycles. The van der Waals surface area contributed by atoms with Crippen LogP contribution < -0.4 is 5.32 Å². The van der Waals surface area contributed by atoms with Gasteiger partial charge in [0.1, 0.15) is 0 Å². The van der Waals surface area contributed by atoms with E-state index in [9.17, 15) is 4.79 Å². The van der Waals surface area contributed by atoms with Crippen LogP contribution in [0, 0.1) is 24.7 Å². The molecule has 0 aromatic heterocycles. The lowest BCUT2D eigenvalue weighted by atomic mass is 10.1. The quantitative estimate of drug-likeness (QED) is 0.824. The standard InChI is InChI=1S/C16H19NO3/c1-12-5-6-13(4-2-3-8-18)10-15(12)17-16(19)14-7-9-20-11-14/h5-6,10,14,18H,3,7-9,11H2,1H3,(H,17,19). The van der Waals surface area contributed by atoms with E-state index in [1.165, 1.54) is 0 Å². The second-order valence-corrected chi connectivity index (χ2v) is 4.85. The van der Waals surface area contributed by atoms with Gasteiger partial charge in [0, 0.05) is 24.3 Å². The van der Waals surface area contributed by atoms with Crippen LogP contribution in [0.5, 0.6) is 0 Å². The number of aliphatic hydroxyl groups excluding tert-OH is 1. The van der Waals surface area contributed by atoms with Crippen molar-refractivity contribution in [1.82, 2.24) is 0 Å². The molecule has 4 heteroatoms. The molecule has 20 heavy (non-hydrogen) atoms. The molecule has 1 amide bonds. The Labute approximate surface area is 119 Å². The number of benzene rings is 1. The number of aliphatic hydroxyl groups is 1. The normalized spacial score (nSPS) is 17.4. The van der Waals surface area contributed by atoms with Crippen molar-refractivity contribution in [2.24, 2.45) is 5.92 Å². The SMILES string of the molecule is Cc1ccc(C#CCCO)cc1NC(=O)C1CCOC1. The van der Waals surface area contributed by atoms with Gasteiger partial charge in [-0.3, -0.25) is 4.79 Å². The monoisotopic (exact) mass is 273 g/mol. The van der Waals surface area contributed by atoms with Crippen molar-refractivity contribution in [3.05, 3.63) is 29.3 Å². The summed E-state index contributed by atoms with van der Waals surface area (Å²) in [5, 5.41) is 11.7. The number of hydrogen-bond donors (Lipinski definition) is 2. The zero-order valence-electron chi connectivity index (χ0n) is 11.6. The van der Waals surface area contributed by atoms with Crippen LogP contribution in [0.15, 0.2) is 18.2 Å². The third-order valence-corrected chi connectivity index (χ3v) is 3.27. The van der Waals surface area contributed by atoms with Crippen LogP contribution in [-0.2, 0) is 9.53 Å². The van der Waals surface area contributed by atoms with Gasteiger partial charge in [0.2, 0.25) is 5.91 Å². The number of anilines is 1. The fraction of sp³-hybridized carbons (Fsp3) is 0.438. The maximum atomic E-state index is 12.1. The topological polar surface area (TPSA) is 58.6 Å². The van der Waals surface area contributed by atoms with Gasteiger partial charge in [-0.2, -0.15) is 0 Å². The molecule has 2 rings (SSSR count). The molecule has 0 spiro atoms. The molecule has 1 fully saturated rings. The molecule has 1 aromatic carbocycles. The summed E-state index contributed by atoms with van der Waals surface area (Å²) in [4.78, 5) is 12.1. The smallest absolute Gasteiger partial charge is 0.229 e. The molecular formula is C16H19NO3. The molecule has 0 aliphatic carbocycles. The third-order valence-electron chi connectivity index (χ3n) is 3.27. The predicted octanol–water partition coefficient (Wildman–Crippen LogP) is 1.70. The van der Waals surface area contributed by atoms with E-state index in [1.54, 1.807) is 0 Å². The van der Waals surface area contributed by atoms with E-state index in [2.05, 4.69) is 17.2 Å². The molecule has 1 aliphatic rings. The highest BCUT2D eigenvalue weighted by Crippen LogP contribution is 2.20. The highest BCUT2D eigenvalue weighted by molar-refractivity contribution is 5.93. The van der Waals surface area contributed by atoms with Crippen LogP contribution in [0.25, 0.3) is 0 Å². The minimum absolute atomic E-state index is 0.00562. The van der Waals surface area contributed by atoms with Gasteiger partial charge in [-0.1, -0.05) is 17.9 Å². The van der Waals surface area contributed by atoms with Crippen molar-refractivity contribution in [3.8, 4) is 11.8 Å². The van der Waals surface area contributed by atoms with E-state index in [0.29, 0.717) is 19.6 Å². The van der Waals surface area contributed by atoms with Crippen molar-refractivity contribution >= 4 is 11.6 Å². The molecule has 0 radical (unpaired) electrons. The van der Waals surface area contributed by atoms with Crippen molar-refractivity contribution in [1.29, 1.82) is 0 Å². The Hall–Kier alpha value is -1.83. The van der Waals surface area contributed by atoms with E-state index in [1.807, 2.05) is 25.1 Å². The van der Waals surface area contributed by atoms with E-state index in [4.69, 9.17) is 9.84 Å². The van der Waals surface area contributed by atoms with Gasteiger partial charge in [-0.15, -0.1) is 0 Å². The number of amides is 1. The van der Waals surface area contributed by atoms with Crippen molar-refractivity contribution < 1.29 is 14.6 Å². The Morgan fingerprint density at radius 1 is 1.55 bits per heavy atom. The minimum atomic E-state index is -0.0569. The number of aryl methyl sites for hydroxylation is 1. The van der Waals surface area contributed by atoms with Crippen LogP contribution in [0.3, 0.4) is 0 Å². The molecule has 0 saturated carbocycles. The van der Waals surface area contributed by atoms with Crippen LogP contribution in [0.4, 0.5) is 5.69 Å².